The standard InChI is InChI=1S/C37H62O3Si/c1-37(2,3)41(4,5)40-36(28-20-10-6-8-12-22-30-38-32-34-24-16-14-17-25-34)29-21-11-7-9-13-23-31-39-33-35-26-18-15-19-27-35/h14-19,24-27,36H,6-13,20-23,28-33H2,1-5H3. The third kappa shape index (κ3) is 17.3. The van der Waals surface area contributed by atoms with E-state index in [1.54, 1.807) is 0 Å². The Morgan fingerprint density at radius 3 is 1.29 bits per heavy atom. The maximum atomic E-state index is 6.93. The van der Waals surface area contributed by atoms with E-state index in [-0.39, 0.29) is 5.04 Å². The van der Waals surface area contributed by atoms with Crippen LogP contribution in [0.2, 0.25) is 18.1 Å². The summed E-state index contributed by atoms with van der Waals surface area (Å²) in [6, 6.07) is 21.0. The molecule has 0 saturated carbocycles. The summed E-state index contributed by atoms with van der Waals surface area (Å²) in [7, 11) is -1.73. The molecule has 0 radical (unpaired) electrons. The van der Waals surface area contributed by atoms with Gasteiger partial charge < -0.3 is 13.9 Å². The molecule has 0 spiro atoms. The minimum atomic E-state index is -1.73. The van der Waals surface area contributed by atoms with Gasteiger partial charge in [-0.05, 0) is 54.9 Å². The van der Waals surface area contributed by atoms with E-state index in [9.17, 15) is 0 Å². The fourth-order valence-electron chi connectivity index (χ4n) is 4.95. The molecule has 0 aliphatic carbocycles. The predicted molar refractivity (Wildman–Crippen MR) is 179 cm³/mol. The van der Waals surface area contributed by atoms with Crippen LogP contribution in [-0.4, -0.2) is 27.6 Å². The van der Waals surface area contributed by atoms with Crippen LogP contribution in [0.25, 0.3) is 0 Å². The average molecular weight is 583 g/mol. The van der Waals surface area contributed by atoms with E-state index in [2.05, 4.69) is 94.5 Å². The minimum Gasteiger partial charge on any atom is -0.414 e. The Morgan fingerprint density at radius 2 is 0.902 bits per heavy atom. The molecule has 3 nitrogen and oxygen atoms in total. The summed E-state index contributed by atoms with van der Waals surface area (Å²) < 4.78 is 18.6. The van der Waals surface area contributed by atoms with Crippen molar-refractivity contribution in [3.8, 4) is 0 Å². The molecule has 0 heterocycles. The Hall–Kier alpha value is -1.46. The smallest absolute Gasteiger partial charge is 0.192 e. The number of rotatable bonds is 24. The van der Waals surface area contributed by atoms with E-state index in [1.807, 2.05) is 0 Å². The molecule has 0 N–H and O–H groups in total. The van der Waals surface area contributed by atoms with Gasteiger partial charge in [0.05, 0.1) is 13.2 Å². The lowest BCUT2D eigenvalue weighted by molar-refractivity contribution is 0.116. The lowest BCUT2D eigenvalue weighted by atomic mass is 10.0. The van der Waals surface area contributed by atoms with Crippen LogP contribution >= 0.6 is 0 Å². The molecule has 41 heavy (non-hydrogen) atoms. The molecular weight excluding hydrogens is 520 g/mol. The number of hydrogen-bond donors (Lipinski definition) is 0. The van der Waals surface area contributed by atoms with Crippen LogP contribution in [0.15, 0.2) is 60.7 Å². The van der Waals surface area contributed by atoms with E-state index < -0.39 is 8.32 Å². The quantitative estimate of drug-likeness (QED) is 0.0910. The molecule has 2 rings (SSSR count). The first-order valence-electron chi connectivity index (χ1n) is 16.7. The van der Waals surface area contributed by atoms with Crippen LogP contribution in [0.4, 0.5) is 0 Å². The van der Waals surface area contributed by atoms with E-state index >= 15 is 0 Å². The number of benzene rings is 2. The summed E-state index contributed by atoms with van der Waals surface area (Å²) in [5.74, 6) is 0. The Kier molecular flexibility index (Phi) is 18.5. The summed E-state index contributed by atoms with van der Waals surface area (Å²) >= 11 is 0. The topological polar surface area (TPSA) is 27.7 Å². The van der Waals surface area contributed by atoms with Crippen molar-refractivity contribution in [2.24, 2.45) is 0 Å². The predicted octanol–water partition coefficient (Wildman–Crippen LogP) is 11.3. The van der Waals surface area contributed by atoms with Gasteiger partial charge in [-0.15, -0.1) is 0 Å². The zero-order valence-electron chi connectivity index (χ0n) is 27.3. The van der Waals surface area contributed by atoms with Crippen molar-refractivity contribution in [2.75, 3.05) is 13.2 Å². The Balaban J connectivity index is 1.52. The van der Waals surface area contributed by atoms with E-state index in [0.717, 1.165) is 26.4 Å². The lowest BCUT2D eigenvalue weighted by Gasteiger charge is -2.39. The number of unbranched alkanes of at least 4 members (excludes halogenated alkanes) is 10. The third-order valence-electron chi connectivity index (χ3n) is 8.62. The second kappa shape index (κ2) is 21.3. The molecular formula is C37H62O3Si. The molecule has 0 fully saturated rings. The van der Waals surface area contributed by atoms with Crippen LogP contribution in [0, 0.1) is 0 Å². The SMILES string of the molecule is CC(C)(C)[Si](C)(C)OC(CCCCCCCCOCc1ccccc1)CCCCCCCCOCc1ccccc1. The number of hydrogen-bond acceptors (Lipinski definition) is 3. The first-order chi connectivity index (χ1) is 19.8. The summed E-state index contributed by atoms with van der Waals surface area (Å²) in [5, 5.41) is 0.274. The summed E-state index contributed by atoms with van der Waals surface area (Å²) in [4.78, 5) is 0. The van der Waals surface area contributed by atoms with Gasteiger partial charge in [0.1, 0.15) is 0 Å². The third-order valence-corrected chi connectivity index (χ3v) is 13.2. The van der Waals surface area contributed by atoms with E-state index in [0.29, 0.717) is 6.10 Å². The van der Waals surface area contributed by atoms with Crippen LogP contribution in [0.5, 0.6) is 0 Å². The molecule has 0 atom stereocenters. The van der Waals surface area contributed by atoms with Crippen molar-refractivity contribution in [1.82, 2.24) is 0 Å². The van der Waals surface area contributed by atoms with Crippen molar-refractivity contribution in [1.29, 1.82) is 0 Å². The van der Waals surface area contributed by atoms with Gasteiger partial charge in [-0.25, -0.2) is 0 Å². The highest BCUT2D eigenvalue weighted by Gasteiger charge is 2.38. The molecule has 4 heteroatoms. The van der Waals surface area contributed by atoms with Crippen molar-refractivity contribution >= 4 is 8.32 Å². The van der Waals surface area contributed by atoms with Crippen molar-refractivity contribution in [2.45, 2.75) is 148 Å². The highest BCUT2D eigenvalue weighted by molar-refractivity contribution is 6.74. The molecule has 0 aliphatic rings. The van der Waals surface area contributed by atoms with Crippen molar-refractivity contribution < 1.29 is 13.9 Å². The summed E-state index contributed by atoms with van der Waals surface area (Å²) in [5.41, 5.74) is 2.53. The molecule has 0 amide bonds. The summed E-state index contributed by atoms with van der Waals surface area (Å²) in [6.45, 7) is 15.1. The number of ether oxygens (including phenoxy) is 2. The van der Waals surface area contributed by atoms with Gasteiger partial charge in [-0.2, -0.15) is 0 Å². The molecule has 2 aromatic carbocycles. The van der Waals surface area contributed by atoms with Crippen LogP contribution in [-0.2, 0) is 27.1 Å². The lowest BCUT2D eigenvalue weighted by Crippen LogP contribution is -2.44. The van der Waals surface area contributed by atoms with Crippen molar-refractivity contribution in [3.05, 3.63) is 71.8 Å². The van der Waals surface area contributed by atoms with Crippen LogP contribution < -0.4 is 0 Å². The van der Waals surface area contributed by atoms with Gasteiger partial charge in [-0.3, -0.25) is 0 Å². The van der Waals surface area contributed by atoms with Gasteiger partial charge in [-0.1, -0.05) is 146 Å². The van der Waals surface area contributed by atoms with E-state index in [4.69, 9.17) is 13.9 Å². The molecule has 0 bridgehead atoms. The van der Waals surface area contributed by atoms with Gasteiger partial charge in [0.25, 0.3) is 0 Å². The summed E-state index contributed by atoms with van der Waals surface area (Å²) in [6.07, 6.45) is 18.3. The zero-order chi connectivity index (χ0) is 29.7. The molecule has 232 valence electrons. The van der Waals surface area contributed by atoms with Crippen LogP contribution in [0.3, 0.4) is 0 Å². The van der Waals surface area contributed by atoms with Crippen LogP contribution in [0.1, 0.15) is 122 Å². The second-order valence-corrected chi connectivity index (χ2v) is 18.2. The van der Waals surface area contributed by atoms with Gasteiger partial charge in [0.2, 0.25) is 0 Å². The van der Waals surface area contributed by atoms with Gasteiger partial charge in [0.15, 0.2) is 8.32 Å². The Labute approximate surface area is 254 Å². The molecule has 2 aromatic rings. The van der Waals surface area contributed by atoms with E-state index in [1.165, 1.54) is 101 Å². The maximum absolute atomic E-state index is 6.93. The average Bonchev–Trinajstić information content (AvgIpc) is 2.95. The first-order valence-corrected chi connectivity index (χ1v) is 19.6. The highest BCUT2D eigenvalue weighted by Crippen LogP contribution is 2.38. The van der Waals surface area contributed by atoms with Crippen molar-refractivity contribution in [3.63, 3.8) is 0 Å². The fraction of sp³-hybridized carbons (Fsp3) is 0.676. The molecule has 0 aliphatic heterocycles. The second-order valence-electron chi connectivity index (χ2n) is 13.4. The molecule has 0 unspecified atom stereocenters. The minimum absolute atomic E-state index is 0.274. The highest BCUT2D eigenvalue weighted by atomic mass is 28.4. The maximum Gasteiger partial charge on any atom is 0.192 e. The molecule has 0 aromatic heterocycles. The molecule has 0 saturated heterocycles. The zero-order valence-corrected chi connectivity index (χ0v) is 28.3. The first kappa shape index (κ1) is 35.7. The Bertz CT molecular complexity index is 803. The van der Waals surface area contributed by atoms with Gasteiger partial charge in [0, 0.05) is 19.3 Å². The Morgan fingerprint density at radius 1 is 0.537 bits per heavy atom. The largest absolute Gasteiger partial charge is 0.414 e. The fourth-order valence-corrected chi connectivity index (χ4v) is 6.37. The normalized spacial score (nSPS) is 12.3. The monoisotopic (exact) mass is 582 g/mol. The van der Waals surface area contributed by atoms with Gasteiger partial charge >= 0.3 is 0 Å².